The molecular formula is C20H19NO5. The third kappa shape index (κ3) is 3.85. The van der Waals surface area contributed by atoms with E-state index >= 15 is 0 Å². The predicted octanol–water partition coefficient (Wildman–Crippen LogP) is 3.18. The number of aromatic carboxylic acids is 1. The Kier molecular flexibility index (Phi) is 5.22. The molecule has 0 saturated heterocycles. The average molecular weight is 353 g/mol. The van der Waals surface area contributed by atoms with Gasteiger partial charge in [0, 0.05) is 18.1 Å². The molecule has 0 aliphatic carbocycles. The molecule has 0 spiro atoms. The van der Waals surface area contributed by atoms with Crippen LogP contribution in [0.2, 0.25) is 0 Å². The van der Waals surface area contributed by atoms with Gasteiger partial charge in [-0.05, 0) is 60.3 Å². The summed E-state index contributed by atoms with van der Waals surface area (Å²) in [5, 5.41) is 10.4. The fourth-order valence-corrected chi connectivity index (χ4v) is 2.69. The first-order chi connectivity index (χ1) is 12.6. The van der Waals surface area contributed by atoms with E-state index in [0.717, 1.165) is 11.1 Å². The normalized spacial score (nSPS) is 10.7. The molecule has 6 heteroatoms. The number of carboxylic acid groups (broad SMARTS) is 1. The quantitative estimate of drug-likeness (QED) is 0.660. The number of ether oxygens (including phenoxy) is 2. The van der Waals surface area contributed by atoms with Gasteiger partial charge in [0.25, 0.3) is 5.56 Å². The van der Waals surface area contributed by atoms with Crippen LogP contribution in [0.4, 0.5) is 0 Å². The number of fused-ring (bicyclic) bond motifs is 1. The van der Waals surface area contributed by atoms with Gasteiger partial charge in [0.2, 0.25) is 0 Å². The lowest BCUT2D eigenvalue weighted by Crippen LogP contribution is -2.20. The molecule has 6 nitrogen and oxygen atoms in total. The number of hydrogen-bond acceptors (Lipinski definition) is 4. The molecule has 0 aliphatic rings. The molecule has 0 unspecified atom stereocenters. The minimum absolute atomic E-state index is 0.0454. The van der Waals surface area contributed by atoms with E-state index in [2.05, 4.69) is 0 Å². The van der Waals surface area contributed by atoms with Crippen molar-refractivity contribution in [3.05, 3.63) is 70.6 Å². The second-order valence-corrected chi connectivity index (χ2v) is 5.80. The standard InChI is InChI=1S/C20H19NO5/c1-25-17-7-8-18-15(13-17)9-11-21(19(18)22)10-2-12-26-16-5-3-14(4-6-16)20(23)24/h3-9,11,13H,2,10,12H2,1H3,(H,23,24). The molecule has 0 saturated carbocycles. The van der Waals surface area contributed by atoms with Gasteiger partial charge in [0.05, 0.1) is 19.3 Å². The summed E-state index contributed by atoms with van der Waals surface area (Å²) in [6.45, 7) is 0.966. The Bertz CT molecular complexity index is 976. The zero-order valence-electron chi connectivity index (χ0n) is 14.3. The molecule has 1 aromatic heterocycles. The van der Waals surface area contributed by atoms with E-state index in [0.29, 0.717) is 30.7 Å². The number of nitrogens with zero attached hydrogens (tertiary/aromatic N) is 1. The number of aryl methyl sites for hydroxylation is 1. The third-order valence-corrected chi connectivity index (χ3v) is 4.10. The van der Waals surface area contributed by atoms with Gasteiger partial charge in [0.1, 0.15) is 11.5 Å². The molecule has 0 atom stereocenters. The van der Waals surface area contributed by atoms with Crippen LogP contribution in [0.1, 0.15) is 16.8 Å². The topological polar surface area (TPSA) is 77.8 Å². The van der Waals surface area contributed by atoms with Gasteiger partial charge < -0.3 is 19.1 Å². The molecule has 134 valence electrons. The highest BCUT2D eigenvalue weighted by molar-refractivity contribution is 5.87. The van der Waals surface area contributed by atoms with Gasteiger partial charge in [-0.2, -0.15) is 0 Å². The minimum atomic E-state index is -0.968. The van der Waals surface area contributed by atoms with Crippen LogP contribution in [0, 0.1) is 0 Å². The highest BCUT2D eigenvalue weighted by Crippen LogP contribution is 2.18. The Labute approximate surface area is 150 Å². The van der Waals surface area contributed by atoms with Crippen molar-refractivity contribution in [1.29, 1.82) is 0 Å². The highest BCUT2D eigenvalue weighted by atomic mass is 16.5. The van der Waals surface area contributed by atoms with Crippen molar-refractivity contribution in [3.8, 4) is 11.5 Å². The summed E-state index contributed by atoms with van der Waals surface area (Å²) in [5.74, 6) is 0.356. The summed E-state index contributed by atoms with van der Waals surface area (Å²) < 4.78 is 12.4. The number of rotatable bonds is 7. The van der Waals surface area contributed by atoms with E-state index in [1.54, 1.807) is 42.1 Å². The van der Waals surface area contributed by atoms with Crippen molar-refractivity contribution in [2.24, 2.45) is 0 Å². The van der Waals surface area contributed by atoms with Crippen molar-refractivity contribution in [1.82, 2.24) is 4.57 Å². The lowest BCUT2D eigenvalue weighted by Gasteiger charge is -2.09. The van der Waals surface area contributed by atoms with Crippen LogP contribution in [0.5, 0.6) is 11.5 Å². The summed E-state index contributed by atoms with van der Waals surface area (Å²) in [6, 6.07) is 13.5. The van der Waals surface area contributed by atoms with Gasteiger partial charge in [0.15, 0.2) is 0 Å². The number of benzene rings is 2. The van der Waals surface area contributed by atoms with Crippen LogP contribution in [-0.4, -0.2) is 29.4 Å². The van der Waals surface area contributed by atoms with Gasteiger partial charge in [-0.15, -0.1) is 0 Å². The predicted molar refractivity (Wildman–Crippen MR) is 98.3 cm³/mol. The maximum Gasteiger partial charge on any atom is 0.335 e. The van der Waals surface area contributed by atoms with Crippen molar-refractivity contribution in [2.45, 2.75) is 13.0 Å². The summed E-state index contributed by atoms with van der Waals surface area (Å²) in [6.07, 6.45) is 2.42. The van der Waals surface area contributed by atoms with Crippen LogP contribution in [0.3, 0.4) is 0 Å². The number of carbonyl (C=O) groups is 1. The summed E-state index contributed by atoms with van der Waals surface area (Å²) >= 11 is 0. The first-order valence-corrected chi connectivity index (χ1v) is 8.22. The lowest BCUT2D eigenvalue weighted by atomic mass is 10.1. The van der Waals surface area contributed by atoms with E-state index in [-0.39, 0.29) is 11.1 Å². The van der Waals surface area contributed by atoms with Crippen molar-refractivity contribution in [2.75, 3.05) is 13.7 Å². The van der Waals surface area contributed by atoms with Gasteiger partial charge >= 0.3 is 5.97 Å². The number of methoxy groups -OCH3 is 1. The fraction of sp³-hybridized carbons (Fsp3) is 0.200. The Morgan fingerprint density at radius 3 is 2.50 bits per heavy atom. The summed E-state index contributed by atoms with van der Waals surface area (Å²) in [5.41, 5.74) is 0.174. The molecule has 1 N–H and O–H groups in total. The zero-order valence-corrected chi connectivity index (χ0v) is 14.3. The average Bonchev–Trinajstić information content (AvgIpc) is 2.66. The summed E-state index contributed by atoms with van der Waals surface area (Å²) in [4.78, 5) is 23.3. The van der Waals surface area contributed by atoms with Crippen molar-refractivity contribution in [3.63, 3.8) is 0 Å². The first-order valence-electron chi connectivity index (χ1n) is 8.22. The van der Waals surface area contributed by atoms with Gasteiger partial charge in [-0.3, -0.25) is 4.79 Å². The van der Waals surface area contributed by atoms with E-state index in [1.165, 1.54) is 12.1 Å². The molecule has 0 aliphatic heterocycles. The second-order valence-electron chi connectivity index (χ2n) is 5.80. The van der Waals surface area contributed by atoms with E-state index in [1.807, 2.05) is 12.1 Å². The number of hydrogen-bond donors (Lipinski definition) is 1. The molecule has 0 amide bonds. The van der Waals surface area contributed by atoms with Crippen LogP contribution >= 0.6 is 0 Å². The Hall–Kier alpha value is -3.28. The Morgan fingerprint density at radius 1 is 1.08 bits per heavy atom. The maximum atomic E-state index is 12.5. The molecule has 1 heterocycles. The molecule has 2 aromatic carbocycles. The van der Waals surface area contributed by atoms with Gasteiger partial charge in [-0.25, -0.2) is 4.79 Å². The van der Waals surface area contributed by atoms with Crippen LogP contribution in [-0.2, 0) is 6.54 Å². The zero-order chi connectivity index (χ0) is 18.5. The molecular weight excluding hydrogens is 334 g/mol. The van der Waals surface area contributed by atoms with E-state index in [9.17, 15) is 9.59 Å². The van der Waals surface area contributed by atoms with Crippen molar-refractivity contribution < 1.29 is 19.4 Å². The summed E-state index contributed by atoms with van der Waals surface area (Å²) in [7, 11) is 1.59. The molecule has 26 heavy (non-hydrogen) atoms. The molecule has 3 aromatic rings. The molecule has 3 rings (SSSR count). The largest absolute Gasteiger partial charge is 0.497 e. The SMILES string of the molecule is COc1ccc2c(=O)n(CCCOc3ccc(C(=O)O)cc3)ccc2c1. The second kappa shape index (κ2) is 7.74. The molecule has 0 radical (unpaired) electrons. The van der Waals surface area contributed by atoms with Crippen LogP contribution in [0.15, 0.2) is 59.5 Å². The smallest absolute Gasteiger partial charge is 0.335 e. The van der Waals surface area contributed by atoms with E-state index < -0.39 is 5.97 Å². The fourth-order valence-electron chi connectivity index (χ4n) is 2.69. The highest BCUT2D eigenvalue weighted by Gasteiger charge is 2.05. The van der Waals surface area contributed by atoms with Gasteiger partial charge in [-0.1, -0.05) is 0 Å². The minimum Gasteiger partial charge on any atom is -0.497 e. The Balaban J connectivity index is 1.60. The molecule has 0 bridgehead atoms. The number of pyridine rings is 1. The Morgan fingerprint density at radius 2 is 1.81 bits per heavy atom. The van der Waals surface area contributed by atoms with Crippen molar-refractivity contribution >= 4 is 16.7 Å². The number of aromatic nitrogens is 1. The van der Waals surface area contributed by atoms with E-state index in [4.69, 9.17) is 14.6 Å². The lowest BCUT2D eigenvalue weighted by molar-refractivity contribution is 0.0697. The third-order valence-electron chi connectivity index (χ3n) is 4.10. The maximum absolute atomic E-state index is 12.5. The van der Waals surface area contributed by atoms with Crippen LogP contribution in [0.25, 0.3) is 10.8 Å². The first kappa shape index (κ1) is 17.5. The van der Waals surface area contributed by atoms with Crippen LogP contribution < -0.4 is 15.0 Å². The molecule has 0 fully saturated rings. The monoisotopic (exact) mass is 353 g/mol. The number of carboxylic acids is 1.